The molecule has 4 aromatic rings. The van der Waals surface area contributed by atoms with Crippen molar-refractivity contribution in [2.75, 3.05) is 11.9 Å². The van der Waals surface area contributed by atoms with Gasteiger partial charge >= 0.3 is 0 Å². The van der Waals surface area contributed by atoms with Crippen molar-refractivity contribution in [1.29, 1.82) is 0 Å². The number of furan rings is 1. The quantitative estimate of drug-likeness (QED) is 0.502. The predicted molar refractivity (Wildman–Crippen MR) is 111 cm³/mol. The van der Waals surface area contributed by atoms with Crippen LogP contribution in [0.25, 0.3) is 21.9 Å². The Morgan fingerprint density at radius 3 is 2.46 bits per heavy atom. The van der Waals surface area contributed by atoms with Crippen LogP contribution in [0.15, 0.2) is 71.1 Å². The summed E-state index contributed by atoms with van der Waals surface area (Å²) in [6.07, 6.45) is 0.170. The summed E-state index contributed by atoms with van der Waals surface area (Å²) in [6, 6.07) is 19.9. The summed E-state index contributed by atoms with van der Waals surface area (Å²) in [7, 11) is 0. The van der Waals surface area contributed by atoms with Crippen molar-refractivity contribution >= 4 is 51.0 Å². The molecule has 0 saturated heterocycles. The SMILES string of the molecule is O=C(CCNC(=O)c1ccc(Cl)cc1)Nc1ccc2oc3ccccc3c2c1. The van der Waals surface area contributed by atoms with Crippen molar-refractivity contribution in [3.05, 3.63) is 77.3 Å². The lowest BCUT2D eigenvalue weighted by molar-refractivity contribution is -0.116. The summed E-state index contributed by atoms with van der Waals surface area (Å²) < 4.78 is 5.78. The smallest absolute Gasteiger partial charge is 0.251 e. The van der Waals surface area contributed by atoms with Gasteiger partial charge in [0.1, 0.15) is 11.2 Å². The number of carbonyl (C=O) groups excluding carboxylic acids is 2. The average molecular weight is 393 g/mol. The van der Waals surface area contributed by atoms with Crippen LogP contribution in [0.2, 0.25) is 5.02 Å². The fourth-order valence-corrected chi connectivity index (χ4v) is 3.15. The first-order valence-electron chi connectivity index (χ1n) is 8.85. The lowest BCUT2D eigenvalue weighted by atomic mass is 10.1. The van der Waals surface area contributed by atoms with Gasteiger partial charge in [0.05, 0.1) is 0 Å². The lowest BCUT2D eigenvalue weighted by Gasteiger charge is -2.07. The number of hydrogen-bond donors (Lipinski definition) is 2. The minimum absolute atomic E-state index is 0.170. The topological polar surface area (TPSA) is 71.3 Å². The van der Waals surface area contributed by atoms with E-state index in [0.717, 1.165) is 21.9 Å². The highest BCUT2D eigenvalue weighted by atomic mass is 35.5. The summed E-state index contributed by atoms with van der Waals surface area (Å²) >= 11 is 5.81. The van der Waals surface area contributed by atoms with Gasteiger partial charge in [0.15, 0.2) is 0 Å². The molecule has 2 amide bonds. The Labute approximate surface area is 166 Å². The lowest BCUT2D eigenvalue weighted by Crippen LogP contribution is -2.27. The first-order valence-corrected chi connectivity index (χ1v) is 9.23. The number of anilines is 1. The zero-order valence-corrected chi connectivity index (χ0v) is 15.6. The third-order valence-electron chi connectivity index (χ3n) is 4.40. The predicted octanol–water partition coefficient (Wildman–Crippen LogP) is 5.00. The van der Waals surface area contributed by atoms with E-state index in [1.54, 1.807) is 30.3 Å². The second-order valence-electron chi connectivity index (χ2n) is 6.37. The van der Waals surface area contributed by atoms with E-state index in [1.165, 1.54) is 0 Å². The summed E-state index contributed by atoms with van der Waals surface area (Å²) in [5.74, 6) is -0.417. The van der Waals surface area contributed by atoms with Crippen molar-refractivity contribution in [3.63, 3.8) is 0 Å². The van der Waals surface area contributed by atoms with Crippen LogP contribution >= 0.6 is 11.6 Å². The molecule has 0 aliphatic heterocycles. The van der Waals surface area contributed by atoms with Gasteiger partial charge in [-0.1, -0.05) is 29.8 Å². The Hall–Kier alpha value is -3.31. The molecule has 140 valence electrons. The summed E-state index contributed by atoms with van der Waals surface area (Å²) in [5.41, 5.74) is 2.77. The van der Waals surface area contributed by atoms with E-state index in [-0.39, 0.29) is 24.8 Å². The number of fused-ring (bicyclic) bond motifs is 3. The molecule has 0 bridgehead atoms. The Morgan fingerprint density at radius 2 is 1.64 bits per heavy atom. The molecular formula is C22H17ClN2O3. The van der Waals surface area contributed by atoms with E-state index < -0.39 is 0 Å². The molecule has 0 aliphatic carbocycles. The number of para-hydroxylation sites is 1. The third kappa shape index (κ3) is 3.85. The Kier molecular flexibility index (Phi) is 5.00. The normalized spacial score (nSPS) is 10.9. The van der Waals surface area contributed by atoms with E-state index in [2.05, 4.69) is 10.6 Å². The Bertz CT molecular complexity index is 1170. The molecule has 0 aliphatic rings. The maximum atomic E-state index is 12.2. The fourth-order valence-electron chi connectivity index (χ4n) is 3.02. The number of amides is 2. The van der Waals surface area contributed by atoms with Crippen LogP contribution in [0.4, 0.5) is 5.69 Å². The summed E-state index contributed by atoms with van der Waals surface area (Å²) in [5, 5.41) is 8.11. The van der Waals surface area contributed by atoms with Crippen molar-refractivity contribution in [2.45, 2.75) is 6.42 Å². The number of nitrogens with one attached hydrogen (secondary N) is 2. The maximum absolute atomic E-state index is 12.2. The summed E-state index contributed by atoms with van der Waals surface area (Å²) in [4.78, 5) is 24.3. The molecule has 2 N–H and O–H groups in total. The zero-order chi connectivity index (χ0) is 19.5. The standard InChI is InChI=1S/C22H17ClN2O3/c23-15-7-5-14(6-8-15)22(27)24-12-11-21(26)25-16-9-10-20-18(13-16)17-3-1-2-4-19(17)28-20/h1-10,13H,11-12H2,(H,24,27)(H,25,26). The van der Waals surface area contributed by atoms with Gasteiger partial charge in [0.2, 0.25) is 5.91 Å². The molecule has 3 aromatic carbocycles. The monoisotopic (exact) mass is 392 g/mol. The minimum atomic E-state index is -0.240. The maximum Gasteiger partial charge on any atom is 0.251 e. The fraction of sp³-hybridized carbons (Fsp3) is 0.0909. The molecule has 1 heterocycles. The number of rotatable bonds is 5. The van der Waals surface area contributed by atoms with Crippen LogP contribution in [-0.2, 0) is 4.79 Å². The first kappa shape index (κ1) is 18.1. The molecule has 0 unspecified atom stereocenters. The molecule has 5 nitrogen and oxygen atoms in total. The van der Waals surface area contributed by atoms with Crippen LogP contribution in [0.1, 0.15) is 16.8 Å². The number of carbonyl (C=O) groups is 2. The molecule has 0 atom stereocenters. The number of halogens is 1. The molecule has 1 aromatic heterocycles. The van der Waals surface area contributed by atoms with Gasteiger partial charge in [-0.25, -0.2) is 0 Å². The molecule has 0 radical (unpaired) electrons. The van der Waals surface area contributed by atoms with Crippen LogP contribution in [0.3, 0.4) is 0 Å². The van der Waals surface area contributed by atoms with Gasteiger partial charge in [0, 0.05) is 40.0 Å². The van der Waals surface area contributed by atoms with Gasteiger partial charge in [-0.15, -0.1) is 0 Å². The van der Waals surface area contributed by atoms with E-state index >= 15 is 0 Å². The van der Waals surface area contributed by atoms with Crippen molar-refractivity contribution < 1.29 is 14.0 Å². The highest BCUT2D eigenvalue weighted by Gasteiger charge is 2.10. The van der Waals surface area contributed by atoms with Gasteiger partial charge in [-0.05, 0) is 48.5 Å². The highest BCUT2D eigenvalue weighted by Crippen LogP contribution is 2.30. The largest absolute Gasteiger partial charge is 0.456 e. The molecule has 0 fully saturated rings. The molecular weight excluding hydrogens is 376 g/mol. The second-order valence-corrected chi connectivity index (χ2v) is 6.81. The van der Waals surface area contributed by atoms with Gasteiger partial charge < -0.3 is 15.1 Å². The Morgan fingerprint density at radius 1 is 0.893 bits per heavy atom. The van der Waals surface area contributed by atoms with Crippen LogP contribution in [-0.4, -0.2) is 18.4 Å². The average Bonchev–Trinajstić information content (AvgIpc) is 3.06. The minimum Gasteiger partial charge on any atom is -0.456 e. The molecule has 0 spiro atoms. The van der Waals surface area contributed by atoms with Crippen LogP contribution in [0.5, 0.6) is 0 Å². The van der Waals surface area contributed by atoms with Crippen molar-refractivity contribution in [3.8, 4) is 0 Å². The molecule has 28 heavy (non-hydrogen) atoms. The highest BCUT2D eigenvalue weighted by molar-refractivity contribution is 6.30. The van der Waals surface area contributed by atoms with Gasteiger partial charge in [-0.2, -0.15) is 0 Å². The van der Waals surface area contributed by atoms with Crippen LogP contribution < -0.4 is 10.6 Å². The van der Waals surface area contributed by atoms with Crippen molar-refractivity contribution in [2.24, 2.45) is 0 Å². The van der Waals surface area contributed by atoms with E-state index in [9.17, 15) is 9.59 Å². The van der Waals surface area contributed by atoms with E-state index in [4.69, 9.17) is 16.0 Å². The third-order valence-corrected chi connectivity index (χ3v) is 4.66. The van der Waals surface area contributed by atoms with Gasteiger partial charge in [0.25, 0.3) is 5.91 Å². The molecule has 0 saturated carbocycles. The van der Waals surface area contributed by atoms with Gasteiger partial charge in [-0.3, -0.25) is 9.59 Å². The van der Waals surface area contributed by atoms with Crippen LogP contribution in [0, 0.1) is 0 Å². The Balaban J connectivity index is 1.36. The van der Waals surface area contributed by atoms with Crippen molar-refractivity contribution in [1.82, 2.24) is 5.32 Å². The zero-order valence-electron chi connectivity index (χ0n) is 14.9. The molecule has 4 rings (SSSR count). The van der Waals surface area contributed by atoms with E-state index in [0.29, 0.717) is 16.3 Å². The number of benzene rings is 3. The molecule has 6 heteroatoms. The number of hydrogen-bond acceptors (Lipinski definition) is 3. The summed E-state index contributed by atoms with van der Waals surface area (Å²) in [6.45, 7) is 0.240. The first-order chi connectivity index (χ1) is 13.6. The second kappa shape index (κ2) is 7.74. The van der Waals surface area contributed by atoms with E-state index in [1.807, 2.05) is 36.4 Å².